The third-order valence-corrected chi connectivity index (χ3v) is 4.72. The largest absolute Gasteiger partial charge is 0.394 e. The standard InChI is InChI=1S/C22H27NO5/c1-16(25)23-19-15-26-20(12-24)22(28-14-18-10-6-3-7-11-18)21(19)27-13-17-8-4-2-5-9-17/h2-11,19-22,24H,12-15H2,1H3,(H,23,25)/t19?,20?,21-,22-/m0/s1. The topological polar surface area (TPSA) is 77.0 Å². The monoisotopic (exact) mass is 385 g/mol. The summed E-state index contributed by atoms with van der Waals surface area (Å²) in [7, 11) is 0. The second-order valence-electron chi connectivity index (χ2n) is 6.88. The van der Waals surface area contributed by atoms with E-state index in [4.69, 9.17) is 14.2 Å². The molecule has 1 aliphatic rings. The Bertz CT molecular complexity index is 724. The van der Waals surface area contributed by atoms with E-state index in [1.54, 1.807) is 0 Å². The molecule has 0 spiro atoms. The van der Waals surface area contributed by atoms with Crippen LogP contribution in [0.1, 0.15) is 18.1 Å². The summed E-state index contributed by atoms with van der Waals surface area (Å²) >= 11 is 0. The van der Waals surface area contributed by atoms with Gasteiger partial charge >= 0.3 is 0 Å². The van der Waals surface area contributed by atoms with E-state index in [-0.39, 0.29) is 25.2 Å². The van der Waals surface area contributed by atoms with Crippen LogP contribution in [0.4, 0.5) is 0 Å². The van der Waals surface area contributed by atoms with Crippen LogP contribution in [0, 0.1) is 0 Å². The lowest BCUT2D eigenvalue weighted by Gasteiger charge is -2.42. The average molecular weight is 385 g/mol. The van der Waals surface area contributed by atoms with Gasteiger partial charge in [0.05, 0.1) is 32.5 Å². The van der Waals surface area contributed by atoms with E-state index in [0.717, 1.165) is 11.1 Å². The van der Waals surface area contributed by atoms with Crippen molar-refractivity contribution in [2.75, 3.05) is 13.2 Å². The molecule has 0 bridgehead atoms. The Balaban J connectivity index is 1.75. The minimum atomic E-state index is -0.519. The average Bonchev–Trinajstić information content (AvgIpc) is 2.72. The fraction of sp³-hybridized carbons (Fsp3) is 0.409. The van der Waals surface area contributed by atoms with Gasteiger partial charge in [0.25, 0.3) is 0 Å². The first-order chi connectivity index (χ1) is 13.7. The summed E-state index contributed by atoms with van der Waals surface area (Å²) in [5.74, 6) is -0.161. The number of carbonyl (C=O) groups excluding carboxylic acids is 1. The second kappa shape index (κ2) is 10.3. The molecule has 1 aliphatic heterocycles. The number of rotatable bonds is 8. The van der Waals surface area contributed by atoms with E-state index in [1.807, 2.05) is 60.7 Å². The highest BCUT2D eigenvalue weighted by atomic mass is 16.6. The third-order valence-electron chi connectivity index (χ3n) is 4.72. The van der Waals surface area contributed by atoms with Crippen molar-refractivity contribution in [1.82, 2.24) is 5.32 Å². The number of aliphatic hydroxyl groups excluding tert-OH is 1. The van der Waals surface area contributed by atoms with Gasteiger partial charge in [-0.05, 0) is 11.1 Å². The van der Waals surface area contributed by atoms with Crippen LogP contribution in [0.2, 0.25) is 0 Å². The van der Waals surface area contributed by atoms with Crippen LogP contribution < -0.4 is 5.32 Å². The Kier molecular flexibility index (Phi) is 7.56. The van der Waals surface area contributed by atoms with E-state index < -0.39 is 18.3 Å². The maximum absolute atomic E-state index is 11.7. The van der Waals surface area contributed by atoms with Gasteiger partial charge in [0.1, 0.15) is 18.3 Å². The first-order valence-electron chi connectivity index (χ1n) is 9.48. The van der Waals surface area contributed by atoms with Gasteiger partial charge in [-0.15, -0.1) is 0 Å². The van der Waals surface area contributed by atoms with Gasteiger partial charge in [-0.25, -0.2) is 0 Å². The molecule has 1 amide bonds. The van der Waals surface area contributed by atoms with Gasteiger partial charge in [0.2, 0.25) is 5.91 Å². The molecule has 2 N–H and O–H groups in total. The maximum Gasteiger partial charge on any atom is 0.217 e. The fourth-order valence-corrected chi connectivity index (χ4v) is 3.35. The number of nitrogens with one attached hydrogen (secondary N) is 1. The Morgan fingerprint density at radius 2 is 1.54 bits per heavy atom. The summed E-state index contributed by atoms with van der Waals surface area (Å²) in [4.78, 5) is 11.7. The minimum Gasteiger partial charge on any atom is -0.394 e. The highest BCUT2D eigenvalue weighted by molar-refractivity contribution is 5.73. The van der Waals surface area contributed by atoms with Gasteiger partial charge < -0.3 is 24.6 Å². The van der Waals surface area contributed by atoms with Crippen LogP contribution in [0.5, 0.6) is 0 Å². The molecule has 2 unspecified atom stereocenters. The molecule has 28 heavy (non-hydrogen) atoms. The molecule has 3 rings (SSSR count). The van der Waals surface area contributed by atoms with Crippen molar-refractivity contribution in [2.45, 2.75) is 44.5 Å². The molecular formula is C22H27NO5. The number of hydrogen-bond acceptors (Lipinski definition) is 5. The molecule has 2 aromatic carbocycles. The zero-order valence-electron chi connectivity index (χ0n) is 16.0. The number of benzene rings is 2. The van der Waals surface area contributed by atoms with Crippen LogP contribution in [-0.4, -0.2) is 48.6 Å². The molecule has 1 saturated heterocycles. The maximum atomic E-state index is 11.7. The van der Waals surface area contributed by atoms with Gasteiger partial charge in [0, 0.05) is 6.92 Å². The lowest BCUT2D eigenvalue weighted by atomic mass is 9.97. The lowest BCUT2D eigenvalue weighted by Crippen LogP contribution is -2.61. The van der Waals surface area contributed by atoms with Gasteiger partial charge in [-0.3, -0.25) is 4.79 Å². The Labute approximate surface area is 165 Å². The minimum absolute atomic E-state index is 0.161. The van der Waals surface area contributed by atoms with Crippen molar-refractivity contribution in [3.63, 3.8) is 0 Å². The summed E-state index contributed by atoms with van der Waals surface area (Å²) in [6.07, 6.45) is -1.48. The van der Waals surface area contributed by atoms with E-state index in [2.05, 4.69) is 5.32 Å². The highest BCUT2D eigenvalue weighted by Crippen LogP contribution is 2.24. The Morgan fingerprint density at radius 1 is 1.00 bits per heavy atom. The Morgan fingerprint density at radius 3 is 2.04 bits per heavy atom. The van der Waals surface area contributed by atoms with E-state index in [1.165, 1.54) is 6.92 Å². The van der Waals surface area contributed by atoms with Crippen LogP contribution in [0.15, 0.2) is 60.7 Å². The zero-order valence-corrected chi connectivity index (χ0v) is 16.0. The lowest BCUT2D eigenvalue weighted by molar-refractivity contribution is -0.204. The van der Waals surface area contributed by atoms with E-state index >= 15 is 0 Å². The molecule has 0 aromatic heterocycles. The number of hydrogen-bond donors (Lipinski definition) is 2. The van der Waals surface area contributed by atoms with Crippen LogP contribution >= 0.6 is 0 Å². The molecule has 2 aromatic rings. The molecular weight excluding hydrogens is 358 g/mol. The second-order valence-corrected chi connectivity index (χ2v) is 6.88. The van der Waals surface area contributed by atoms with Crippen molar-refractivity contribution in [3.05, 3.63) is 71.8 Å². The quantitative estimate of drug-likeness (QED) is 0.727. The van der Waals surface area contributed by atoms with Crippen LogP contribution in [0.25, 0.3) is 0 Å². The van der Waals surface area contributed by atoms with Gasteiger partial charge in [-0.2, -0.15) is 0 Å². The van der Waals surface area contributed by atoms with E-state index in [9.17, 15) is 9.90 Å². The molecule has 0 saturated carbocycles. The number of carbonyl (C=O) groups is 1. The molecule has 0 radical (unpaired) electrons. The molecule has 150 valence electrons. The number of aliphatic hydroxyl groups is 1. The van der Waals surface area contributed by atoms with Crippen molar-refractivity contribution >= 4 is 5.91 Å². The van der Waals surface area contributed by atoms with Crippen molar-refractivity contribution in [1.29, 1.82) is 0 Å². The summed E-state index contributed by atoms with van der Waals surface area (Å²) in [5.41, 5.74) is 2.04. The predicted molar refractivity (Wildman–Crippen MR) is 104 cm³/mol. The Hall–Kier alpha value is -2.25. The SMILES string of the molecule is CC(=O)NC1COC(CO)[C@H](OCc2ccccc2)[C@H]1OCc1ccccc1. The summed E-state index contributed by atoms with van der Waals surface area (Å²) in [6, 6.07) is 19.3. The normalized spacial score (nSPS) is 24.6. The first kappa shape index (κ1) is 20.5. The van der Waals surface area contributed by atoms with Crippen molar-refractivity contribution in [2.24, 2.45) is 0 Å². The molecule has 4 atom stereocenters. The summed E-state index contributed by atoms with van der Waals surface area (Å²) < 4.78 is 18.1. The van der Waals surface area contributed by atoms with Crippen molar-refractivity contribution in [3.8, 4) is 0 Å². The number of amides is 1. The van der Waals surface area contributed by atoms with E-state index in [0.29, 0.717) is 13.2 Å². The number of ether oxygens (including phenoxy) is 3. The summed E-state index contributed by atoms with van der Waals surface area (Å²) in [5, 5.41) is 12.7. The highest BCUT2D eigenvalue weighted by Gasteiger charge is 2.42. The van der Waals surface area contributed by atoms with Gasteiger partial charge in [0.15, 0.2) is 0 Å². The fourth-order valence-electron chi connectivity index (χ4n) is 3.35. The molecule has 6 nitrogen and oxygen atoms in total. The third kappa shape index (κ3) is 5.62. The molecule has 0 aliphatic carbocycles. The predicted octanol–water partition coefficient (Wildman–Crippen LogP) is 2.05. The molecule has 6 heteroatoms. The summed E-state index contributed by atoms with van der Waals surface area (Å²) in [6.45, 7) is 2.29. The van der Waals surface area contributed by atoms with Crippen LogP contribution in [-0.2, 0) is 32.2 Å². The first-order valence-corrected chi connectivity index (χ1v) is 9.48. The van der Waals surface area contributed by atoms with Crippen LogP contribution in [0.3, 0.4) is 0 Å². The van der Waals surface area contributed by atoms with Crippen molar-refractivity contribution < 1.29 is 24.1 Å². The molecule has 1 heterocycles. The zero-order chi connectivity index (χ0) is 19.8. The van der Waals surface area contributed by atoms with Gasteiger partial charge in [-0.1, -0.05) is 60.7 Å². The smallest absolute Gasteiger partial charge is 0.217 e. The molecule has 1 fully saturated rings.